The van der Waals surface area contributed by atoms with Gasteiger partial charge in [-0.2, -0.15) is 0 Å². The standard InChI is InChI=1S/C9H16N2O/c1-2-3-4-5-9-10-6-8(7-12)11-9/h6,12H,2-5,7H2,1H3,(H,10,11). The number of hydrogen-bond acceptors (Lipinski definition) is 2. The lowest BCUT2D eigenvalue weighted by Crippen LogP contribution is -1.89. The highest BCUT2D eigenvalue weighted by Gasteiger charge is 1.98. The Kier molecular flexibility index (Phi) is 3.80. The number of aromatic amines is 1. The number of nitrogens with one attached hydrogen (secondary N) is 1. The van der Waals surface area contributed by atoms with E-state index in [0.717, 1.165) is 17.9 Å². The third-order valence-corrected chi connectivity index (χ3v) is 1.86. The van der Waals surface area contributed by atoms with Gasteiger partial charge < -0.3 is 10.1 Å². The zero-order chi connectivity index (χ0) is 8.81. The Morgan fingerprint density at radius 1 is 1.50 bits per heavy atom. The predicted octanol–water partition coefficient (Wildman–Crippen LogP) is 1.63. The van der Waals surface area contributed by atoms with Crippen molar-refractivity contribution in [1.29, 1.82) is 0 Å². The summed E-state index contributed by atoms with van der Waals surface area (Å²) >= 11 is 0. The average molecular weight is 168 g/mol. The molecule has 3 nitrogen and oxygen atoms in total. The predicted molar refractivity (Wildman–Crippen MR) is 47.7 cm³/mol. The van der Waals surface area contributed by atoms with Gasteiger partial charge in [-0.3, -0.25) is 0 Å². The van der Waals surface area contributed by atoms with Gasteiger partial charge in [-0.05, 0) is 6.42 Å². The molecule has 0 bridgehead atoms. The molecule has 0 aromatic carbocycles. The van der Waals surface area contributed by atoms with Crippen molar-refractivity contribution in [2.24, 2.45) is 0 Å². The van der Waals surface area contributed by atoms with Gasteiger partial charge in [-0.15, -0.1) is 0 Å². The van der Waals surface area contributed by atoms with Gasteiger partial charge in [-0.25, -0.2) is 4.98 Å². The summed E-state index contributed by atoms with van der Waals surface area (Å²) in [5.41, 5.74) is 0.737. The van der Waals surface area contributed by atoms with Crippen molar-refractivity contribution in [2.75, 3.05) is 0 Å². The maximum Gasteiger partial charge on any atom is 0.106 e. The van der Waals surface area contributed by atoms with Gasteiger partial charge in [-0.1, -0.05) is 19.8 Å². The van der Waals surface area contributed by atoms with Gasteiger partial charge in [0, 0.05) is 12.6 Å². The van der Waals surface area contributed by atoms with Crippen LogP contribution in [-0.2, 0) is 13.0 Å². The summed E-state index contributed by atoms with van der Waals surface area (Å²) in [5.74, 6) is 0.993. The molecule has 0 unspecified atom stereocenters. The zero-order valence-corrected chi connectivity index (χ0v) is 7.51. The van der Waals surface area contributed by atoms with Crippen LogP contribution in [0.15, 0.2) is 6.20 Å². The van der Waals surface area contributed by atoms with E-state index in [1.165, 1.54) is 19.3 Å². The van der Waals surface area contributed by atoms with Gasteiger partial charge in [0.2, 0.25) is 0 Å². The first kappa shape index (κ1) is 9.26. The molecule has 1 heterocycles. The average Bonchev–Trinajstić information content (AvgIpc) is 2.53. The van der Waals surface area contributed by atoms with E-state index >= 15 is 0 Å². The van der Waals surface area contributed by atoms with Crippen LogP contribution in [0.2, 0.25) is 0 Å². The number of imidazole rings is 1. The third-order valence-electron chi connectivity index (χ3n) is 1.86. The summed E-state index contributed by atoms with van der Waals surface area (Å²) in [6, 6.07) is 0. The molecule has 12 heavy (non-hydrogen) atoms. The molecule has 0 amide bonds. The maximum atomic E-state index is 8.74. The number of aliphatic hydroxyl groups excluding tert-OH is 1. The number of hydrogen-bond donors (Lipinski definition) is 2. The smallest absolute Gasteiger partial charge is 0.106 e. The molecule has 0 fully saturated rings. The Hall–Kier alpha value is -0.830. The van der Waals surface area contributed by atoms with Crippen molar-refractivity contribution in [3.05, 3.63) is 17.7 Å². The molecule has 0 atom stereocenters. The third kappa shape index (κ3) is 2.66. The van der Waals surface area contributed by atoms with E-state index in [0.29, 0.717) is 0 Å². The second kappa shape index (κ2) is 4.93. The van der Waals surface area contributed by atoms with Crippen LogP contribution in [0.4, 0.5) is 0 Å². The lowest BCUT2D eigenvalue weighted by Gasteiger charge is -1.93. The van der Waals surface area contributed by atoms with Crippen molar-refractivity contribution in [3.8, 4) is 0 Å². The molecule has 68 valence electrons. The molecule has 0 saturated carbocycles. The van der Waals surface area contributed by atoms with Crippen LogP contribution in [0, 0.1) is 0 Å². The highest BCUT2D eigenvalue weighted by Crippen LogP contribution is 2.03. The molecule has 2 N–H and O–H groups in total. The topological polar surface area (TPSA) is 48.9 Å². The molecule has 0 aliphatic carbocycles. The van der Waals surface area contributed by atoms with Gasteiger partial charge in [0.15, 0.2) is 0 Å². The SMILES string of the molecule is CCCCCc1nc(CO)c[nH]1. The fourth-order valence-corrected chi connectivity index (χ4v) is 1.16. The molecule has 0 aliphatic heterocycles. The molecule has 0 aliphatic rings. The van der Waals surface area contributed by atoms with Gasteiger partial charge in [0.25, 0.3) is 0 Å². The van der Waals surface area contributed by atoms with Crippen LogP contribution in [0.1, 0.15) is 37.7 Å². The number of aromatic nitrogens is 2. The number of unbranched alkanes of at least 4 members (excludes halogenated alkanes) is 2. The largest absolute Gasteiger partial charge is 0.390 e. The highest BCUT2D eigenvalue weighted by molar-refractivity contribution is 4.99. The van der Waals surface area contributed by atoms with Crippen molar-refractivity contribution < 1.29 is 5.11 Å². The van der Waals surface area contributed by atoms with Crippen molar-refractivity contribution >= 4 is 0 Å². The minimum Gasteiger partial charge on any atom is -0.390 e. The van der Waals surface area contributed by atoms with Gasteiger partial charge in [0.1, 0.15) is 5.82 Å². The van der Waals surface area contributed by atoms with E-state index in [2.05, 4.69) is 16.9 Å². The fraction of sp³-hybridized carbons (Fsp3) is 0.667. The highest BCUT2D eigenvalue weighted by atomic mass is 16.3. The van der Waals surface area contributed by atoms with E-state index in [9.17, 15) is 0 Å². The fourth-order valence-electron chi connectivity index (χ4n) is 1.16. The second-order valence-electron chi connectivity index (χ2n) is 2.95. The number of H-pyrrole nitrogens is 1. The minimum absolute atomic E-state index is 0.0320. The van der Waals surface area contributed by atoms with Gasteiger partial charge in [0.05, 0.1) is 12.3 Å². The van der Waals surface area contributed by atoms with Crippen LogP contribution in [0.25, 0.3) is 0 Å². The summed E-state index contributed by atoms with van der Waals surface area (Å²) in [5, 5.41) is 8.74. The molecule has 3 heteroatoms. The molecule has 0 saturated heterocycles. The molecular formula is C9H16N2O. The Labute approximate surface area is 72.8 Å². The summed E-state index contributed by atoms with van der Waals surface area (Å²) < 4.78 is 0. The van der Waals surface area contributed by atoms with Crippen LogP contribution in [-0.4, -0.2) is 15.1 Å². The first-order valence-corrected chi connectivity index (χ1v) is 4.51. The first-order valence-electron chi connectivity index (χ1n) is 4.51. The van der Waals surface area contributed by atoms with Crippen molar-refractivity contribution in [3.63, 3.8) is 0 Å². The van der Waals surface area contributed by atoms with Crippen LogP contribution in [0.5, 0.6) is 0 Å². The molecule has 1 rings (SSSR count). The van der Waals surface area contributed by atoms with Crippen LogP contribution >= 0.6 is 0 Å². The van der Waals surface area contributed by atoms with Crippen molar-refractivity contribution in [1.82, 2.24) is 9.97 Å². The Morgan fingerprint density at radius 3 is 2.92 bits per heavy atom. The van der Waals surface area contributed by atoms with E-state index in [1.54, 1.807) is 6.20 Å². The number of aliphatic hydroxyl groups is 1. The normalized spacial score (nSPS) is 10.5. The molecular weight excluding hydrogens is 152 g/mol. The summed E-state index contributed by atoms with van der Waals surface area (Å²) in [6.07, 6.45) is 6.41. The Bertz CT molecular complexity index is 220. The van der Waals surface area contributed by atoms with E-state index in [1.807, 2.05) is 0 Å². The van der Waals surface area contributed by atoms with Crippen molar-refractivity contribution in [2.45, 2.75) is 39.2 Å². The lowest BCUT2D eigenvalue weighted by molar-refractivity contribution is 0.277. The quantitative estimate of drug-likeness (QED) is 0.656. The molecule has 0 spiro atoms. The lowest BCUT2D eigenvalue weighted by atomic mass is 10.2. The van der Waals surface area contributed by atoms with Gasteiger partial charge >= 0.3 is 0 Å². The summed E-state index contributed by atoms with van der Waals surface area (Å²) in [6.45, 7) is 2.21. The van der Waals surface area contributed by atoms with E-state index in [-0.39, 0.29) is 6.61 Å². The number of nitrogens with zero attached hydrogens (tertiary/aromatic N) is 1. The second-order valence-corrected chi connectivity index (χ2v) is 2.95. The number of rotatable bonds is 5. The summed E-state index contributed by atoms with van der Waals surface area (Å²) in [4.78, 5) is 7.24. The molecule has 1 aromatic heterocycles. The minimum atomic E-state index is 0.0320. The van der Waals surface area contributed by atoms with Crippen LogP contribution in [0.3, 0.4) is 0 Å². The first-order chi connectivity index (χ1) is 5.86. The zero-order valence-electron chi connectivity index (χ0n) is 7.51. The molecule has 1 aromatic rings. The number of aryl methyl sites for hydroxylation is 1. The van der Waals surface area contributed by atoms with E-state index in [4.69, 9.17) is 5.11 Å². The molecule has 0 radical (unpaired) electrons. The Balaban J connectivity index is 2.31. The monoisotopic (exact) mass is 168 g/mol. The Morgan fingerprint density at radius 2 is 2.33 bits per heavy atom. The summed E-state index contributed by atoms with van der Waals surface area (Å²) in [7, 11) is 0. The maximum absolute atomic E-state index is 8.74. The van der Waals surface area contributed by atoms with Crippen LogP contribution < -0.4 is 0 Å². The van der Waals surface area contributed by atoms with E-state index < -0.39 is 0 Å².